The van der Waals surface area contributed by atoms with Crippen LogP contribution in [0.3, 0.4) is 0 Å². The van der Waals surface area contributed by atoms with Crippen molar-refractivity contribution in [2.45, 2.75) is 18.8 Å². The van der Waals surface area contributed by atoms with Crippen molar-refractivity contribution in [1.29, 1.82) is 0 Å². The number of benzene rings is 1. The summed E-state index contributed by atoms with van der Waals surface area (Å²) >= 11 is 6.09. The van der Waals surface area contributed by atoms with Crippen LogP contribution in [0.5, 0.6) is 5.75 Å². The summed E-state index contributed by atoms with van der Waals surface area (Å²) in [5, 5.41) is 0.299. The molecule has 2 heterocycles. The van der Waals surface area contributed by atoms with E-state index in [9.17, 15) is 14.4 Å². The molecule has 0 radical (unpaired) electrons. The fourth-order valence-electron chi connectivity index (χ4n) is 3.15. The van der Waals surface area contributed by atoms with Gasteiger partial charge in [-0.1, -0.05) is 11.6 Å². The minimum Gasteiger partial charge on any atom is -0.489 e. The fourth-order valence-corrected chi connectivity index (χ4v) is 3.36. The minimum absolute atomic E-state index is 0.0753. The Hall–Kier alpha value is -2.28. The molecule has 1 unspecified atom stereocenters. The van der Waals surface area contributed by atoms with Gasteiger partial charge in [0.05, 0.1) is 25.3 Å². The van der Waals surface area contributed by atoms with Crippen molar-refractivity contribution in [3.8, 4) is 5.75 Å². The van der Waals surface area contributed by atoms with E-state index < -0.39 is 29.6 Å². The summed E-state index contributed by atoms with van der Waals surface area (Å²) in [5.41, 5.74) is 4.27. The normalized spacial score (nSPS) is 21.7. The molecule has 8 heteroatoms. The number of nitrogens with zero attached hydrogens (tertiary/aromatic N) is 1. The third-order valence-electron chi connectivity index (χ3n) is 4.02. The Balaban J connectivity index is 2.27. The lowest BCUT2D eigenvalue weighted by Gasteiger charge is -2.26. The van der Waals surface area contributed by atoms with Crippen LogP contribution in [0.2, 0.25) is 5.02 Å². The molecule has 0 aromatic heterocycles. The second-order valence-corrected chi connectivity index (χ2v) is 5.81. The van der Waals surface area contributed by atoms with Gasteiger partial charge in [0.25, 0.3) is 0 Å². The first-order valence-electron chi connectivity index (χ1n) is 7.16. The number of primary amides is 1. The number of halogens is 1. The number of rotatable bonds is 4. The fraction of sp³-hybridized carbons (Fsp3) is 0.400. The van der Waals surface area contributed by atoms with Crippen molar-refractivity contribution >= 4 is 35.1 Å². The third-order valence-corrected chi connectivity index (χ3v) is 4.23. The highest BCUT2D eigenvalue weighted by molar-refractivity contribution is 6.32. The van der Waals surface area contributed by atoms with E-state index in [-0.39, 0.29) is 19.8 Å². The molecule has 7 nitrogen and oxygen atoms in total. The first-order chi connectivity index (χ1) is 10.9. The lowest BCUT2D eigenvalue weighted by molar-refractivity contribution is -0.155. The number of hydrogen-bond donors (Lipinski definition) is 1. The average Bonchev–Trinajstić information content (AvgIpc) is 2.72. The standard InChI is InChI=1S/C15H15ClN2O5/c1-2-22-14(21)15(7-11(17)19)9-5-8(16)6-10-12(9)18(13(15)20)3-4-23-10/h5-6H,2-4,7H2,1H3,(H2,17,19). The monoisotopic (exact) mass is 338 g/mol. The van der Waals surface area contributed by atoms with Crippen molar-refractivity contribution in [3.63, 3.8) is 0 Å². The summed E-state index contributed by atoms with van der Waals surface area (Å²) in [6.45, 7) is 2.25. The van der Waals surface area contributed by atoms with E-state index in [1.807, 2.05) is 0 Å². The van der Waals surface area contributed by atoms with E-state index in [4.69, 9.17) is 26.8 Å². The van der Waals surface area contributed by atoms with Crippen molar-refractivity contribution in [2.24, 2.45) is 5.73 Å². The zero-order chi connectivity index (χ0) is 16.8. The molecule has 122 valence electrons. The summed E-state index contributed by atoms with van der Waals surface area (Å²) in [4.78, 5) is 38.6. The molecular weight excluding hydrogens is 324 g/mol. The van der Waals surface area contributed by atoms with Crippen LogP contribution in [-0.4, -0.2) is 37.5 Å². The molecule has 1 aromatic rings. The minimum atomic E-state index is -1.80. The Labute approximate surface area is 137 Å². The molecule has 0 saturated carbocycles. The maximum Gasteiger partial charge on any atom is 0.326 e. The van der Waals surface area contributed by atoms with Crippen molar-refractivity contribution in [3.05, 3.63) is 22.7 Å². The van der Waals surface area contributed by atoms with Gasteiger partial charge in [-0.2, -0.15) is 0 Å². The maximum atomic E-state index is 13.0. The number of carbonyl (C=O) groups is 3. The molecule has 3 rings (SSSR count). The van der Waals surface area contributed by atoms with Gasteiger partial charge >= 0.3 is 5.97 Å². The molecule has 2 N–H and O–H groups in total. The molecule has 1 atom stereocenters. The number of amides is 2. The van der Waals surface area contributed by atoms with E-state index >= 15 is 0 Å². The second-order valence-electron chi connectivity index (χ2n) is 5.37. The Morgan fingerprint density at radius 3 is 2.87 bits per heavy atom. The summed E-state index contributed by atoms with van der Waals surface area (Å²) in [5.74, 6) is -1.71. The van der Waals surface area contributed by atoms with Crippen LogP contribution < -0.4 is 15.4 Å². The van der Waals surface area contributed by atoms with Crippen LogP contribution in [0.1, 0.15) is 18.9 Å². The highest BCUT2D eigenvalue weighted by Gasteiger charge is 2.60. The van der Waals surface area contributed by atoms with Gasteiger partial charge in [0.15, 0.2) is 5.41 Å². The van der Waals surface area contributed by atoms with Crippen LogP contribution in [0.15, 0.2) is 12.1 Å². The summed E-state index contributed by atoms with van der Waals surface area (Å²) in [6.07, 6.45) is -0.478. The predicted octanol–water partition coefficient (Wildman–Crippen LogP) is 0.755. The Morgan fingerprint density at radius 1 is 1.48 bits per heavy atom. The lowest BCUT2D eigenvalue weighted by atomic mass is 9.78. The molecule has 23 heavy (non-hydrogen) atoms. The van der Waals surface area contributed by atoms with Crippen molar-refractivity contribution in [2.75, 3.05) is 24.7 Å². The number of ether oxygens (including phenoxy) is 2. The molecule has 0 aliphatic carbocycles. The Kier molecular flexibility index (Phi) is 3.68. The van der Waals surface area contributed by atoms with Crippen LogP contribution in [0.4, 0.5) is 5.69 Å². The van der Waals surface area contributed by atoms with Gasteiger partial charge in [0.1, 0.15) is 12.4 Å². The maximum absolute atomic E-state index is 13.0. The summed E-state index contributed by atoms with van der Waals surface area (Å²) in [6, 6.07) is 3.07. The first-order valence-corrected chi connectivity index (χ1v) is 7.54. The number of carbonyl (C=O) groups excluding carboxylic acids is 3. The molecule has 0 spiro atoms. The van der Waals surface area contributed by atoms with Gasteiger partial charge in [0.2, 0.25) is 11.8 Å². The number of esters is 1. The Bertz CT molecular complexity index is 720. The molecule has 2 aliphatic heterocycles. The molecule has 0 fully saturated rings. The van der Waals surface area contributed by atoms with Crippen molar-refractivity contribution in [1.82, 2.24) is 0 Å². The molecule has 2 amide bonds. The van der Waals surface area contributed by atoms with Gasteiger partial charge < -0.3 is 20.1 Å². The summed E-state index contributed by atoms with van der Waals surface area (Å²) in [7, 11) is 0. The molecule has 0 saturated heterocycles. The Morgan fingerprint density at radius 2 is 2.22 bits per heavy atom. The summed E-state index contributed by atoms with van der Waals surface area (Å²) < 4.78 is 10.6. The first kappa shape index (κ1) is 15.6. The van der Waals surface area contributed by atoms with E-state index in [2.05, 4.69) is 0 Å². The average molecular weight is 339 g/mol. The van der Waals surface area contributed by atoms with Gasteiger partial charge in [0, 0.05) is 16.7 Å². The quantitative estimate of drug-likeness (QED) is 0.645. The van der Waals surface area contributed by atoms with Crippen molar-refractivity contribution < 1.29 is 23.9 Å². The topological polar surface area (TPSA) is 98.9 Å². The zero-order valence-corrected chi connectivity index (χ0v) is 13.2. The van der Waals surface area contributed by atoms with Gasteiger partial charge in [-0.05, 0) is 13.0 Å². The van der Waals surface area contributed by atoms with E-state index in [0.29, 0.717) is 22.0 Å². The second kappa shape index (κ2) is 5.42. The smallest absolute Gasteiger partial charge is 0.326 e. The number of anilines is 1. The predicted molar refractivity (Wildman–Crippen MR) is 81.4 cm³/mol. The van der Waals surface area contributed by atoms with Crippen LogP contribution in [-0.2, 0) is 24.5 Å². The van der Waals surface area contributed by atoms with E-state index in [1.54, 1.807) is 13.0 Å². The van der Waals surface area contributed by atoms with Crippen LogP contribution >= 0.6 is 11.6 Å². The van der Waals surface area contributed by atoms with Crippen LogP contribution in [0.25, 0.3) is 0 Å². The molecule has 2 aliphatic rings. The van der Waals surface area contributed by atoms with E-state index in [1.165, 1.54) is 11.0 Å². The van der Waals surface area contributed by atoms with Gasteiger partial charge in [-0.25, -0.2) is 0 Å². The molecule has 0 bridgehead atoms. The van der Waals surface area contributed by atoms with Crippen LogP contribution in [0, 0.1) is 0 Å². The highest BCUT2D eigenvalue weighted by atomic mass is 35.5. The number of hydrogen-bond acceptors (Lipinski definition) is 5. The van der Waals surface area contributed by atoms with Gasteiger partial charge in [-0.15, -0.1) is 0 Å². The lowest BCUT2D eigenvalue weighted by Crippen LogP contribution is -2.50. The SMILES string of the molecule is CCOC(=O)C1(CC(N)=O)C(=O)N2CCOc3cc(Cl)cc1c32. The third kappa shape index (κ3) is 2.15. The highest BCUT2D eigenvalue weighted by Crippen LogP contribution is 2.51. The largest absolute Gasteiger partial charge is 0.489 e. The molecule has 1 aromatic carbocycles. The zero-order valence-electron chi connectivity index (χ0n) is 12.4. The number of nitrogens with two attached hydrogens (primary N) is 1. The van der Waals surface area contributed by atoms with Gasteiger partial charge in [-0.3, -0.25) is 14.4 Å². The van der Waals surface area contributed by atoms with E-state index in [0.717, 1.165) is 0 Å². The molecular formula is C15H15ClN2O5.